The summed E-state index contributed by atoms with van der Waals surface area (Å²) in [5.74, 6) is 0.299. The minimum atomic E-state index is -1.35. The van der Waals surface area contributed by atoms with E-state index >= 15 is 0 Å². The molecule has 8 N–H and O–H groups in total. The average molecular weight is 513 g/mol. The third kappa shape index (κ3) is 8.23. The quantitative estimate of drug-likeness (QED) is 0.129. The molecule has 2 rings (SSSR count). The number of hydrogen-bond donors (Lipinski definition) is 7. The molecule has 0 aromatic heterocycles. The molecule has 12 nitrogen and oxygen atoms in total. The van der Waals surface area contributed by atoms with Crippen LogP contribution in [0.25, 0.3) is 0 Å². The van der Waals surface area contributed by atoms with Crippen molar-refractivity contribution in [2.45, 2.75) is 81.4 Å². The molecule has 34 heavy (non-hydrogen) atoms. The Labute approximate surface area is 204 Å². The second-order valence-corrected chi connectivity index (χ2v) is 9.66. The molecule has 4 unspecified atom stereocenters. The van der Waals surface area contributed by atoms with Crippen molar-refractivity contribution in [2.24, 2.45) is 11.7 Å². The summed E-state index contributed by atoms with van der Waals surface area (Å²) in [5, 5.41) is 52.9. The SMILES string of the molecule is CSCCCC(=O)NCCCO[C@@H]1OC(CO[C@@H]2OC(CO)[C@@H](O)[C@H](O)C2C)[C@@H](O)[C@H](O)C1N. The number of thioether (sulfide) groups is 1. The highest BCUT2D eigenvalue weighted by Crippen LogP contribution is 2.28. The summed E-state index contributed by atoms with van der Waals surface area (Å²) in [4.78, 5) is 11.7. The Balaban J connectivity index is 1.79. The van der Waals surface area contributed by atoms with Gasteiger partial charge in [-0.05, 0) is 24.9 Å². The first-order chi connectivity index (χ1) is 16.2. The first-order valence-electron chi connectivity index (χ1n) is 11.6. The van der Waals surface area contributed by atoms with E-state index in [1.54, 1.807) is 18.7 Å². The zero-order valence-electron chi connectivity index (χ0n) is 19.7. The van der Waals surface area contributed by atoms with E-state index in [9.17, 15) is 30.3 Å². The molecule has 0 aliphatic carbocycles. The van der Waals surface area contributed by atoms with E-state index in [2.05, 4.69) is 5.32 Å². The monoisotopic (exact) mass is 512 g/mol. The summed E-state index contributed by atoms with van der Waals surface area (Å²) < 4.78 is 22.5. The Hall–Kier alpha value is -0.580. The van der Waals surface area contributed by atoms with Gasteiger partial charge in [0.05, 0.1) is 32.0 Å². The average Bonchev–Trinajstić information content (AvgIpc) is 2.82. The molecular weight excluding hydrogens is 472 g/mol. The molecule has 2 aliphatic rings. The van der Waals surface area contributed by atoms with Crippen molar-refractivity contribution >= 4 is 17.7 Å². The highest BCUT2D eigenvalue weighted by Gasteiger charge is 2.46. The second kappa shape index (κ2) is 14.9. The zero-order chi connectivity index (χ0) is 25.3. The molecule has 0 spiro atoms. The Kier molecular flexibility index (Phi) is 13.0. The van der Waals surface area contributed by atoms with E-state index in [4.69, 9.17) is 24.7 Å². The largest absolute Gasteiger partial charge is 0.394 e. The number of aliphatic hydroxyl groups is 5. The minimum absolute atomic E-state index is 0.0179. The zero-order valence-corrected chi connectivity index (χ0v) is 20.5. The van der Waals surface area contributed by atoms with Gasteiger partial charge in [0.15, 0.2) is 12.6 Å². The molecule has 2 fully saturated rings. The number of rotatable bonds is 13. The van der Waals surface area contributed by atoms with Crippen molar-refractivity contribution in [3.05, 3.63) is 0 Å². The van der Waals surface area contributed by atoms with Gasteiger partial charge in [0.25, 0.3) is 0 Å². The van der Waals surface area contributed by atoms with Crippen LogP contribution in [0.1, 0.15) is 26.2 Å². The number of amides is 1. The summed E-state index contributed by atoms with van der Waals surface area (Å²) in [7, 11) is 0. The fourth-order valence-corrected chi connectivity index (χ4v) is 4.24. The van der Waals surface area contributed by atoms with Gasteiger partial charge in [0.2, 0.25) is 5.91 Å². The van der Waals surface area contributed by atoms with Crippen molar-refractivity contribution < 1.29 is 49.3 Å². The van der Waals surface area contributed by atoms with Crippen molar-refractivity contribution in [3.63, 3.8) is 0 Å². The smallest absolute Gasteiger partial charge is 0.220 e. The highest BCUT2D eigenvalue weighted by molar-refractivity contribution is 7.98. The summed E-state index contributed by atoms with van der Waals surface area (Å²) in [6.45, 7) is 1.53. The Morgan fingerprint density at radius 3 is 2.35 bits per heavy atom. The maximum atomic E-state index is 11.7. The molecule has 0 saturated carbocycles. The van der Waals surface area contributed by atoms with Gasteiger partial charge < -0.3 is 55.5 Å². The van der Waals surface area contributed by atoms with E-state index in [0.29, 0.717) is 19.4 Å². The topological polar surface area (TPSA) is 193 Å². The predicted octanol–water partition coefficient (Wildman–Crippen LogP) is -2.48. The van der Waals surface area contributed by atoms with Gasteiger partial charge in [-0.15, -0.1) is 0 Å². The summed E-state index contributed by atoms with van der Waals surface area (Å²) in [6.07, 6.45) is -5.30. The van der Waals surface area contributed by atoms with Crippen LogP contribution in [-0.2, 0) is 23.7 Å². The van der Waals surface area contributed by atoms with Gasteiger partial charge in [0, 0.05) is 18.9 Å². The Morgan fingerprint density at radius 1 is 1.00 bits per heavy atom. The van der Waals surface area contributed by atoms with Crippen molar-refractivity contribution in [3.8, 4) is 0 Å². The van der Waals surface area contributed by atoms with Gasteiger partial charge in [0.1, 0.15) is 30.5 Å². The normalized spacial score (nSPS) is 38.6. The molecule has 13 heteroatoms. The van der Waals surface area contributed by atoms with Crippen LogP contribution in [0.3, 0.4) is 0 Å². The summed E-state index contributed by atoms with van der Waals surface area (Å²) in [5.41, 5.74) is 5.95. The molecule has 0 aromatic carbocycles. The lowest BCUT2D eigenvalue weighted by Crippen LogP contribution is -2.63. The number of nitrogens with two attached hydrogens (primary N) is 1. The lowest BCUT2D eigenvalue weighted by Gasteiger charge is -2.43. The van der Waals surface area contributed by atoms with Gasteiger partial charge in [-0.25, -0.2) is 0 Å². The van der Waals surface area contributed by atoms with Crippen LogP contribution in [0.15, 0.2) is 0 Å². The molecular formula is C21H40N2O10S. The minimum Gasteiger partial charge on any atom is -0.394 e. The summed E-state index contributed by atoms with van der Waals surface area (Å²) >= 11 is 1.69. The number of hydrogen-bond acceptors (Lipinski definition) is 12. The molecule has 200 valence electrons. The van der Waals surface area contributed by atoms with Crippen LogP contribution in [-0.4, -0.2) is 125 Å². The lowest BCUT2D eigenvalue weighted by atomic mass is 9.92. The van der Waals surface area contributed by atoms with E-state index in [-0.39, 0.29) is 19.1 Å². The molecule has 0 aromatic rings. The molecule has 2 aliphatic heterocycles. The first-order valence-corrected chi connectivity index (χ1v) is 13.0. The maximum Gasteiger partial charge on any atom is 0.220 e. The van der Waals surface area contributed by atoms with Gasteiger partial charge >= 0.3 is 0 Å². The van der Waals surface area contributed by atoms with Gasteiger partial charge in [-0.1, -0.05) is 6.92 Å². The van der Waals surface area contributed by atoms with Crippen molar-refractivity contribution in [2.75, 3.05) is 38.4 Å². The number of carbonyl (C=O) groups excluding carboxylic acids is 1. The number of nitrogens with one attached hydrogen (secondary N) is 1. The molecule has 1 amide bonds. The van der Waals surface area contributed by atoms with E-state index in [0.717, 1.165) is 12.2 Å². The standard InChI is InChI=1S/C21H40N2O10S/c1-11-16(26)17(27)12(9-24)32-20(11)31-10-13-18(28)19(29)15(22)21(33-13)30-7-4-6-23-14(25)5-3-8-34-2/h11-13,15-21,24,26-29H,3-10,22H2,1-2H3,(H,23,25)/t11?,12?,13?,15?,16-,17-,18-,19-,20-,21-/m1/s1. The van der Waals surface area contributed by atoms with Crippen LogP contribution < -0.4 is 11.1 Å². The lowest BCUT2D eigenvalue weighted by molar-refractivity contribution is -0.308. The number of aliphatic hydroxyl groups excluding tert-OH is 5. The summed E-state index contributed by atoms with van der Waals surface area (Å²) in [6, 6.07) is -0.993. The first kappa shape index (κ1) is 29.6. The number of carbonyl (C=O) groups is 1. The fourth-order valence-electron chi connectivity index (χ4n) is 3.81. The van der Waals surface area contributed by atoms with Crippen LogP contribution in [0.5, 0.6) is 0 Å². The van der Waals surface area contributed by atoms with Crippen LogP contribution in [0.4, 0.5) is 0 Å². The van der Waals surface area contributed by atoms with Gasteiger partial charge in [-0.2, -0.15) is 11.8 Å². The number of ether oxygens (including phenoxy) is 4. The van der Waals surface area contributed by atoms with Crippen molar-refractivity contribution in [1.82, 2.24) is 5.32 Å². The van der Waals surface area contributed by atoms with Gasteiger partial charge in [-0.3, -0.25) is 4.79 Å². The molecule has 2 heterocycles. The van der Waals surface area contributed by atoms with Crippen LogP contribution in [0, 0.1) is 5.92 Å². The second-order valence-electron chi connectivity index (χ2n) is 8.67. The van der Waals surface area contributed by atoms with Crippen molar-refractivity contribution in [1.29, 1.82) is 0 Å². The highest BCUT2D eigenvalue weighted by atomic mass is 32.2. The fraction of sp³-hybridized carbons (Fsp3) is 0.952. The van der Waals surface area contributed by atoms with E-state index < -0.39 is 67.8 Å². The third-order valence-electron chi connectivity index (χ3n) is 6.04. The molecule has 0 radical (unpaired) electrons. The van der Waals surface area contributed by atoms with E-state index in [1.165, 1.54) is 0 Å². The maximum absolute atomic E-state index is 11.7. The Morgan fingerprint density at radius 2 is 1.68 bits per heavy atom. The molecule has 2 saturated heterocycles. The van der Waals surface area contributed by atoms with E-state index in [1.807, 2.05) is 6.26 Å². The van der Waals surface area contributed by atoms with Crippen LogP contribution >= 0.6 is 11.8 Å². The predicted molar refractivity (Wildman–Crippen MR) is 123 cm³/mol. The molecule has 10 atom stereocenters. The Bertz CT molecular complexity index is 604. The van der Waals surface area contributed by atoms with Crippen LogP contribution in [0.2, 0.25) is 0 Å². The molecule has 0 bridgehead atoms. The third-order valence-corrected chi connectivity index (χ3v) is 6.74.